The highest BCUT2D eigenvalue weighted by atomic mass is 19.1. The van der Waals surface area contributed by atoms with E-state index in [0.717, 1.165) is 30.6 Å². The topological polar surface area (TPSA) is 15.3 Å². The third kappa shape index (κ3) is 6.17. The second kappa shape index (κ2) is 7.01. The summed E-state index contributed by atoms with van der Waals surface area (Å²) in [5.41, 5.74) is 1.99. The molecule has 3 heteroatoms. The summed E-state index contributed by atoms with van der Waals surface area (Å²) >= 11 is 0. The minimum Gasteiger partial charge on any atom is -0.308 e. The number of nitrogens with one attached hydrogen (secondary N) is 1. The molecule has 0 heterocycles. The Morgan fingerprint density at radius 1 is 1.26 bits per heavy atom. The van der Waals surface area contributed by atoms with Crippen LogP contribution in [0.2, 0.25) is 0 Å². The highest BCUT2D eigenvalue weighted by Gasteiger charge is 2.10. The lowest BCUT2D eigenvalue weighted by atomic mass is 10.1. The van der Waals surface area contributed by atoms with Gasteiger partial charge in [-0.3, -0.25) is 0 Å². The molecule has 1 N–H and O–H groups in total. The Hall–Kier alpha value is -0.930. The van der Waals surface area contributed by atoms with Gasteiger partial charge < -0.3 is 10.2 Å². The molecule has 0 bridgehead atoms. The molecule has 0 atom stereocenters. The molecule has 0 aliphatic carbocycles. The zero-order valence-electron chi connectivity index (χ0n) is 12.9. The molecule has 108 valence electrons. The Morgan fingerprint density at radius 3 is 2.53 bits per heavy atom. The minimum atomic E-state index is -0.109. The van der Waals surface area contributed by atoms with Gasteiger partial charge in [0.25, 0.3) is 0 Å². The quantitative estimate of drug-likeness (QED) is 0.847. The van der Waals surface area contributed by atoms with E-state index in [1.165, 1.54) is 0 Å². The van der Waals surface area contributed by atoms with E-state index in [9.17, 15) is 4.39 Å². The first-order chi connectivity index (χ1) is 8.81. The minimum absolute atomic E-state index is 0.0769. The number of hydrogen-bond acceptors (Lipinski definition) is 2. The van der Waals surface area contributed by atoms with Gasteiger partial charge in [-0.1, -0.05) is 19.1 Å². The van der Waals surface area contributed by atoms with Crippen LogP contribution in [-0.4, -0.2) is 24.0 Å². The average Bonchev–Trinajstić information content (AvgIpc) is 2.29. The Labute approximate surface area is 117 Å². The third-order valence-corrected chi connectivity index (χ3v) is 2.98. The zero-order valence-corrected chi connectivity index (χ0v) is 12.9. The Bertz CT molecular complexity index is 396. The molecule has 0 radical (unpaired) electrons. The second-order valence-corrected chi connectivity index (χ2v) is 6.27. The summed E-state index contributed by atoms with van der Waals surface area (Å²) in [7, 11) is 2.03. The van der Waals surface area contributed by atoms with Crippen LogP contribution >= 0.6 is 0 Å². The average molecular weight is 266 g/mol. The van der Waals surface area contributed by atoms with Crippen LogP contribution < -0.4 is 5.32 Å². The van der Waals surface area contributed by atoms with Crippen molar-refractivity contribution in [1.29, 1.82) is 0 Å². The summed E-state index contributed by atoms with van der Waals surface area (Å²) < 4.78 is 13.8. The Balaban J connectivity index is 2.71. The highest BCUT2D eigenvalue weighted by molar-refractivity contribution is 5.25. The predicted molar refractivity (Wildman–Crippen MR) is 79.6 cm³/mol. The van der Waals surface area contributed by atoms with E-state index in [2.05, 4.69) is 37.9 Å². The molecular weight excluding hydrogens is 239 g/mol. The van der Waals surface area contributed by atoms with E-state index >= 15 is 0 Å². The molecule has 0 aliphatic rings. The van der Waals surface area contributed by atoms with Crippen LogP contribution in [0.1, 0.15) is 45.2 Å². The molecule has 0 fully saturated rings. The van der Waals surface area contributed by atoms with Gasteiger partial charge in [0.1, 0.15) is 5.82 Å². The van der Waals surface area contributed by atoms with Crippen LogP contribution in [0, 0.1) is 5.82 Å². The number of halogens is 1. The smallest absolute Gasteiger partial charge is 0.127 e. The lowest BCUT2D eigenvalue weighted by molar-refractivity contribution is 0.321. The van der Waals surface area contributed by atoms with Crippen LogP contribution in [0.15, 0.2) is 18.2 Å². The van der Waals surface area contributed by atoms with Gasteiger partial charge >= 0.3 is 0 Å². The van der Waals surface area contributed by atoms with Gasteiger partial charge in [-0.15, -0.1) is 0 Å². The van der Waals surface area contributed by atoms with Gasteiger partial charge in [-0.25, -0.2) is 4.39 Å². The molecule has 19 heavy (non-hydrogen) atoms. The van der Waals surface area contributed by atoms with Crippen molar-refractivity contribution in [2.24, 2.45) is 0 Å². The molecule has 1 aromatic rings. The standard InChI is InChI=1S/C16H27FN2/c1-6-9-19(5)12-14-10-13(7-8-15(14)17)11-18-16(2,3)4/h7-8,10,18H,6,9,11-12H2,1-5H3. The molecule has 0 amide bonds. The second-order valence-electron chi connectivity index (χ2n) is 6.27. The summed E-state index contributed by atoms with van der Waals surface area (Å²) in [6, 6.07) is 5.41. The van der Waals surface area contributed by atoms with E-state index in [4.69, 9.17) is 0 Å². The van der Waals surface area contributed by atoms with Crippen LogP contribution in [0.3, 0.4) is 0 Å². The van der Waals surface area contributed by atoms with Crippen LogP contribution in [0.25, 0.3) is 0 Å². The first-order valence-corrected chi connectivity index (χ1v) is 7.02. The van der Waals surface area contributed by atoms with E-state index in [1.807, 2.05) is 19.2 Å². The monoisotopic (exact) mass is 266 g/mol. The molecule has 0 aromatic heterocycles. The van der Waals surface area contributed by atoms with Crippen molar-refractivity contribution in [2.75, 3.05) is 13.6 Å². The fourth-order valence-corrected chi connectivity index (χ4v) is 1.98. The maximum atomic E-state index is 13.8. The highest BCUT2D eigenvalue weighted by Crippen LogP contribution is 2.14. The van der Waals surface area contributed by atoms with E-state index in [-0.39, 0.29) is 11.4 Å². The Kier molecular flexibility index (Phi) is 5.95. The molecule has 0 unspecified atom stereocenters. The van der Waals surface area contributed by atoms with Crippen molar-refractivity contribution in [1.82, 2.24) is 10.2 Å². The van der Waals surface area contributed by atoms with E-state index in [1.54, 1.807) is 6.07 Å². The van der Waals surface area contributed by atoms with Gasteiger partial charge in [-0.05, 0) is 52.4 Å². The van der Waals surface area contributed by atoms with Gasteiger partial charge in [0.15, 0.2) is 0 Å². The third-order valence-electron chi connectivity index (χ3n) is 2.98. The number of nitrogens with zero attached hydrogens (tertiary/aromatic N) is 1. The lowest BCUT2D eigenvalue weighted by Gasteiger charge is -2.21. The summed E-state index contributed by atoms with van der Waals surface area (Å²) in [4.78, 5) is 2.15. The van der Waals surface area contributed by atoms with Gasteiger partial charge in [-0.2, -0.15) is 0 Å². The van der Waals surface area contributed by atoms with Gasteiger partial charge in [0.2, 0.25) is 0 Å². The molecule has 2 nitrogen and oxygen atoms in total. The summed E-state index contributed by atoms with van der Waals surface area (Å²) in [5.74, 6) is -0.109. The number of rotatable bonds is 6. The van der Waals surface area contributed by atoms with Gasteiger partial charge in [0, 0.05) is 24.2 Å². The van der Waals surface area contributed by atoms with Crippen LogP contribution in [0.5, 0.6) is 0 Å². The molecule has 0 saturated heterocycles. The molecule has 0 spiro atoms. The van der Waals surface area contributed by atoms with E-state index < -0.39 is 0 Å². The molecular formula is C16H27FN2. The molecule has 0 saturated carbocycles. The van der Waals surface area contributed by atoms with Crippen LogP contribution in [-0.2, 0) is 13.1 Å². The normalized spacial score (nSPS) is 12.2. The predicted octanol–water partition coefficient (Wildman–Crippen LogP) is 3.56. The number of benzene rings is 1. The van der Waals surface area contributed by atoms with Gasteiger partial charge in [0.05, 0.1) is 0 Å². The summed E-state index contributed by atoms with van der Waals surface area (Å²) in [6.45, 7) is 11.0. The maximum absolute atomic E-state index is 13.8. The molecule has 1 rings (SSSR count). The summed E-state index contributed by atoms with van der Waals surface area (Å²) in [5, 5.41) is 3.43. The first-order valence-electron chi connectivity index (χ1n) is 7.02. The van der Waals surface area contributed by atoms with Crippen molar-refractivity contribution in [3.63, 3.8) is 0 Å². The SMILES string of the molecule is CCCN(C)Cc1cc(CNC(C)(C)C)ccc1F. The zero-order chi connectivity index (χ0) is 14.5. The van der Waals surface area contributed by atoms with Crippen molar-refractivity contribution in [3.8, 4) is 0 Å². The van der Waals surface area contributed by atoms with Crippen molar-refractivity contribution < 1.29 is 4.39 Å². The van der Waals surface area contributed by atoms with Crippen molar-refractivity contribution in [3.05, 3.63) is 35.1 Å². The van der Waals surface area contributed by atoms with Crippen molar-refractivity contribution >= 4 is 0 Å². The summed E-state index contributed by atoms with van der Waals surface area (Å²) in [6.07, 6.45) is 1.09. The number of hydrogen-bond donors (Lipinski definition) is 1. The fourth-order valence-electron chi connectivity index (χ4n) is 1.98. The lowest BCUT2D eigenvalue weighted by Crippen LogP contribution is -2.35. The maximum Gasteiger partial charge on any atom is 0.127 e. The molecule has 0 aliphatic heterocycles. The first kappa shape index (κ1) is 16.1. The Morgan fingerprint density at radius 2 is 1.95 bits per heavy atom. The van der Waals surface area contributed by atoms with Crippen LogP contribution in [0.4, 0.5) is 4.39 Å². The van der Waals surface area contributed by atoms with Crippen molar-refractivity contribution in [2.45, 2.75) is 52.7 Å². The fraction of sp³-hybridized carbons (Fsp3) is 0.625. The molecule has 1 aromatic carbocycles. The van der Waals surface area contributed by atoms with E-state index in [0.29, 0.717) is 6.54 Å². The largest absolute Gasteiger partial charge is 0.308 e.